The summed E-state index contributed by atoms with van der Waals surface area (Å²) < 4.78 is 5.23. The lowest BCUT2D eigenvalue weighted by molar-refractivity contribution is -0.400. The molecule has 0 bridgehead atoms. The van der Waals surface area contributed by atoms with E-state index >= 15 is 0 Å². The van der Waals surface area contributed by atoms with Gasteiger partial charge in [0.15, 0.2) is 11.5 Å². The maximum absolute atomic E-state index is 10.1. The minimum Gasteiger partial charge on any atom is -0.503 e. The molecule has 0 aliphatic rings. The van der Waals surface area contributed by atoms with Gasteiger partial charge in [-0.2, -0.15) is 0 Å². The molecule has 0 fully saturated rings. The summed E-state index contributed by atoms with van der Waals surface area (Å²) in [6, 6.07) is 3.13. The summed E-state index contributed by atoms with van der Waals surface area (Å²) in [7, 11) is 1.42. The molecule has 0 spiro atoms. The second kappa shape index (κ2) is 4.79. The molecule has 1 rings (SSSR count). The number of aromatic hydroxyl groups is 1. The Hall–Kier alpha value is -1.56. The van der Waals surface area contributed by atoms with Crippen LogP contribution in [0.25, 0.3) is 6.08 Å². The second-order valence-electron chi connectivity index (χ2n) is 2.62. The lowest BCUT2D eigenvalue weighted by atomic mass is 10.2. The monoisotopic (exact) mass is 273 g/mol. The van der Waals surface area contributed by atoms with Gasteiger partial charge in [0.25, 0.3) is 0 Å². The summed E-state index contributed by atoms with van der Waals surface area (Å²) in [6.45, 7) is 0. The molecule has 1 aromatic carbocycles. The minimum absolute atomic E-state index is 0.0806. The number of nitro groups is 1. The number of benzene rings is 1. The summed E-state index contributed by atoms with van der Waals surface area (Å²) in [4.78, 5) is 9.53. The highest BCUT2D eigenvalue weighted by atomic mass is 79.9. The highest BCUT2D eigenvalue weighted by Crippen LogP contribution is 2.36. The molecule has 0 amide bonds. The molecule has 5 nitrogen and oxygen atoms in total. The van der Waals surface area contributed by atoms with Gasteiger partial charge in [-0.25, -0.2) is 0 Å². The second-order valence-corrected chi connectivity index (χ2v) is 3.41. The molecule has 0 unspecified atom stereocenters. The zero-order valence-electron chi connectivity index (χ0n) is 7.81. The van der Waals surface area contributed by atoms with Gasteiger partial charge in [-0.15, -0.1) is 0 Å². The molecular formula is C9H8BrNO4. The van der Waals surface area contributed by atoms with Crippen molar-refractivity contribution in [1.29, 1.82) is 0 Å². The Balaban J connectivity index is 3.12. The third-order valence-electron chi connectivity index (χ3n) is 1.70. The van der Waals surface area contributed by atoms with E-state index in [1.54, 1.807) is 6.07 Å². The van der Waals surface area contributed by atoms with Gasteiger partial charge in [0, 0.05) is 6.08 Å². The van der Waals surface area contributed by atoms with E-state index in [4.69, 9.17) is 4.74 Å². The predicted octanol–water partition coefficient (Wildman–Crippen LogP) is 2.41. The Morgan fingerprint density at radius 1 is 1.60 bits per heavy atom. The first kappa shape index (κ1) is 11.5. The first-order valence-electron chi connectivity index (χ1n) is 3.93. The summed E-state index contributed by atoms with van der Waals surface area (Å²) in [6.07, 6.45) is 2.08. The van der Waals surface area contributed by atoms with Crippen molar-refractivity contribution in [2.75, 3.05) is 7.11 Å². The van der Waals surface area contributed by atoms with Crippen LogP contribution in [0.4, 0.5) is 0 Å². The lowest BCUT2D eigenvalue weighted by Gasteiger charge is -2.06. The van der Waals surface area contributed by atoms with Crippen LogP contribution in [0.5, 0.6) is 11.5 Å². The molecule has 6 heteroatoms. The third kappa shape index (κ3) is 2.69. The summed E-state index contributed by atoms with van der Waals surface area (Å²) in [5, 5.41) is 19.7. The van der Waals surface area contributed by atoms with Gasteiger partial charge in [0.05, 0.1) is 16.5 Å². The van der Waals surface area contributed by atoms with Gasteiger partial charge in [0.2, 0.25) is 6.20 Å². The van der Waals surface area contributed by atoms with E-state index in [1.807, 2.05) is 0 Å². The lowest BCUT2D eigenvalue weighted by Crippen LogP contribution is -1.87. The van der Waals surface area contributed by atoms with E-state index < -0.39 is 4.92 Å². The fourth-order valence-corrected chi connectivity index (χ4v) is 1.46. The van der Waals surface area contributed by atoms with E-state index in [1.165, 1.54) is 19.3 Å². The molecule has 1 N–H and O–H groups in total. The van der Waals surface area contributed by atoms with E-state index in [9.17, 15) is 15.2 Å². The van der Waals surface area contributed by atoms with Crippen LogP contribution in [0.15, 0.2) is 22.8 Å². The fraction of sp³-hybridized carbons (Fsp3) is 0.111. The zero-order valence-corrected chi connectivity index (χ0v) is 9.39. The maximum Gasteiger partial charge on any atom is 0.235 e. The van der Waals surface area contributed by atoms with Crippen LogP contribution in [0.1, 0.15) is 5.56 Å². The standard InChI is InChI=1S/C9H8BrNO4/c1-15-7-3-2-6(4-5-11(13)14)8(10)9(7)12/h2-5,12H,1H3/b5-4+. The Labute approximate surface area is 94.3 Å². The number of nitrogens with zero attached hydrogens (tertiary/aromatic N) is 1. The van der Waals surface area contributed by atoms with Crippen molar-refractivity contribution in [3.8, 4) is 11.5 Å². The van der Waals surface area contributed by atoms with E-state index in [2.05, 4.69) is 15.9 Å². The molecule has 0 aromatic heterocycles. The number of halogens is 1. The fourth-order valence-electron chi connectivity index (χ4n) is 0.997. The number of phenols is 1. The molecule has 0 saturated carbocycles. The third-order valence-corrected chi connectivity index (χ3v) is 2.54. The van der Waals surface area contributed by atoms with Gasteiger partial charge >= 0.3 is 0 Å². The number of ether oxygens (including phenoxy) is 1. The Morgan fingerprint density at radius 2 is 2.27 bits per heavy atom. The van der Waals surface area contributed by atoms with Gasteiger partial charge in [0.1, 0.15) is 0 Å². The average molecular weight is 274 g/mol. The predicted molar refractivity (Wildman–Crippen MR) is 58.4 cm³/mol. The Bertz CT molecular complexity index is 417. The topological polar surface area (TPSA) is 72.6 Å². The largest absolute Gasteiger partial charge is 0.503 e. The minimum atomic E-state index is -0.576. The molecule has 0 aliphatic carbocycles. The number of hydrogen-bond donors (Lipinski definition) is 1. The zero-order chi connectivity index (χ0) is 11.4. The van der Waals surface area contributed by atoms with Gasteiger partial charge < -0.3 is 9.84 Å². The molecule has 0 atom stereocenters. The maximum atomic E-state index is 10.1. The summed E-state index contributed by atoms with van der Waals surface area (Å²) >= 11 is 3.12. The Kier molecular flexibility index (Phi) is 3.68. The molecule has 0 radical (unpaired) electrons. The van der Waals surface area contributed by atoms with Gasteiger partial charge in [-0.3, -0.25) is 10.1 Å². The number of methoxy groups -OCH3 is 1. The van der Waals surface area contributed by atoms with E-state index in [-0.39, 0.29) is 5.75 Å². The van der Waals surface area contributed by atoms with Crippen molar-refractivity contribution in [2.45, 2.75) is 0 Å². The smallest absolute Gasteiger partial charge is 0.235 e. The number of rotatable bonds is 3. The first-order chi connectivity index (χ1) is 7.06. The first-order valence-corrected chi connectivity index (χ1v) is 4.72. The summed E-state index contributed by atoms with van der Waals surface area (Å²) in [5.41, 5.74) is 0.505. The molecular weight excluding hydrogens is 266 g/mol. The average Bonchev–Trinajstić information content (AvgIpc) is 2.20. The van der Waals surface area contributed by atoms with Crippen molar-refractivity contribution >= 4 is 22.0 Å². The molecule has 15 heavy (non-hydrogen) atoms. The van der Waals surface area contributed by atoms with Gasteiger partial charge in [-0.1, -0.05) is 0 Å². The van der Waals surface area contributed by atoms with Crippen LogP contribution in [0.2, 0.25) is 0 Å². The molecule has 0 aliphatic heterocycles. The Morgan fingerprint density at radius 3 is 2.80 bits per heavy atom. The van der Waals surface area contributed by atoms with Crippen LogP contribution >= 0.6 is 15.9 Å². The normalized spacial score (nSPS) is 10.5. The van der Waals surface area contributed by atoms with Crippen LogP contribution in [0, 0.1) is 10.1 Å². The SMILES string of the molecule is COc1ccc(/C=C/[N+](=O)[O-])c(Br)c1O. The number of phenolic OH excluding ortho intramolecular Hbond substituents is 1. The molecule has 0 heterocycles. The van der Waals surface area contributed by atoms with Crippen molar-refractivity contribution < 1.29 is 14.8 Å². The molecule has 0 saturated heterocycles. The van der Waals surface area contributed by atoms with E-state index in [0.29, 0.717) is 15.8 Å². The van der Waals surface area contributed by atoms with Crippen molar-refractivity contribution in [1.82, 2.24) is 0 Å². The highest BCUT2D eigenvalue weighted by Gasteiger charge is 2.09. The van der Waals surface area contributed by atoms with Crippen molar-refractivity contribution in [3.63, 3.8) is 0 Å². The molecule has 80 valence electrons. The summed E-state index contributed by atoms with van der Waals surface area (Å²) in [5.74, 6) is 0.225. The van der Waals surface area contributed by atoms with Crippen molar-refractivity contribution in [3.05, 3.63) is 38.5 Å². The van der Waals surface area contributed by atoms with Crippen molar-refractivity contribution in [2.24, 2.45) is 0 Å². The van der Waals surface area contributed by atoms with Crippen LogP contribution < -0.4 is 4.74 Å². The van der Waals surface area contributed by atoms with Crippen LogP contribution in [0.3, 0.4) is 0 Å². The molecule has 1 aromatic rings. The number of hydrogen-bond acceptors (Lipinski definition) is 4. The van der Waals surface area contributed by atoms with E-state index in [0.717, 1.165) is 6.20 Å². The van der Waals surface area contributed by atoms with Crippen LogP contribution in [-0.2, 0) is 0 Å². The quantitative estimate of drug-likeness (QED) is 0.678. The van der Waals surface area contributed by atoms with Crippen LogP contribution in [-0.4, -0.2) is 17.1 Å². The van der Waals surface area contributed by atoms with Gasteiger partial charge in [-0.05, 0) is 33.6 Å². The highest BCUT2D eigenvalue weighted by molar-refractivity contribution is 9.10.